The molecule has 0 saturated carbocycles. The smallest absolute Gasteiger partial charge is 0.323 e. The number of hydrogen-bond donors (Lipinski definition) is 3. The van der Waals surface area contributed by atoms with E-state index in [0.717, 1.165) is 11.1 Å². The molecule has 6 heteroatoms. The number of anilines is 3. The number of ether oxygens (including phenoxy) is 1. The molecular formula is C23H23N3O3. The fourth-order valence-electron chi connectivity index (χ4n) is 2.76. The predicted octanol–water partition coefficient (Wildman–Crippen LogP) is 5.04. The number of carbonyl (C=O) groups excluding carboxylic acids is 2. The van der Waals surface area contributed by atoms with Crippen LogP contribution >= 0.6 is 0 Å². The van der Waals surface area contributed by atoms with Gasteiger partial charge < -0.3 is 20.7 Å². The Hall–Kier alpha value is -3.64. The normalized spacial score (nSPS) is 10.3. The number of urea groups is 1. The molecule has 0 spiro atoms. The average Bonchev–Trinajstić information content (AvgIpc) is 2.72. The Morgan fingerprint density at radius 2 is 1.52 bits per heavy atom. The van der Waals surface area contributed by atoms with Gasteiger partial charge >= 0.3 is 6.03 Å². The lowest BCUT2D eigenvalue weighted by molar-refractivity contribution is 0.102. The van der Waals surface area contributed by atoms with Crippen molar-refractivity contribution in [2.24, 2.45) is 0 Å². The summed E-state index contributed by atoms with van der Waals surface area (Å²) in [6, 6.07) is 21.4. The molecule has 0 atom stereocenters. The zero-order valence-corrected chi connectivity index (χ0v) is 16.4. The molecule has 3 amide bonds. The van der Waals surface area contributed by atoms with Crippen molar-refractivity contribution in [3.8, 4) is 0 Å². The Labute approximate surface area is 169 Å². The van der Waals surface area contributed by atoms with E-state index in [2.05, 4.69) is 16.0 Å². The van der Waals surface area contributed by atoms with Crippen LogP contribution in [0, 0.1) is 6.92 Å². The summed E-state index contributed by atoms with van der Waals surface area (Å²) in [6.45, 7) is 2.39. The molecule has 0 aromatic heterocycles. The Kier molecular flexibility index (Phi) is 6.60. The van der Waals surface area contributed by atoms with E-state index in [4.69, 9.17) is 4.74 Å². The van der Waals surface area contributed by atoms with Crippen molar-refractivity contribution in [3.63, 3.8) is 0 Å². The van der Waals surface area contributed by atoms with Gasteiger partial charge in [0.15, 0.2) is 0 Å². The minimum Gasteiger partial charge on any atom is -0.380 e. The minimum absolute atomic E-state index is 0.242. The molecule has 6 nitrogen and oxygen atoms in total. The van der Waals surface area contributed by atoms with E-state index in [1.54, 1.807) is 25.3 Å². The van der Waals surface area contributed by atoms with Gasteiger partial charge in [0.25, 0.3) is 5.91 Å². The van der Waals surface area contributed by atoms with E-state index in [0.29, 0.717) is 29.2 Å². The molecule has 0 bridgehead atoms. The highest BCUT2D eigenvalue weighted by molar-refractivity contribution is 6.06. The van der Waals surface area contributed by atoms with E-state index in [1.165, 1.54) is 0 Å². The van der Waals surface area contributed by atoms with Gasteiger partial charge in [-0.25, -0.2) is 4.79 Å². The fourth-order valence-corrected chi connectivity index (χ4v) is 2.76. The van der Waals surface area contributed by atoms with E-state index in [1.807, 2.05) is 61.5 Å². The highest BCUT2D eigenvalue weighted by Crippen LogP contribution is 2.19. The Morgan fingerprint density at radius 1 is 0.828 bits per heavy atom. The first-order chi connectivity index (χ1) is 14.0. The van der Waals surface area contributed by atoms with Crippen LogP contribution < -0.4 is 16.0 Å². The molecular weight excluding hydrogens is 366 g/mol. The molecule has 148 valence electrons. The van der Waals surface area contributed by atoms with E-state index >= 15 is 0 Å². The zero-order valence-electron chi connectivity index (χ0n) is 16.4. The maximum atomic E-state index is 12.5. The summed E-state index contributed by atoms with van der Waals surface area (Å²) in [4.78, 5) is 24.9. The second-order valence-electron chi connectivity index (χ2n) is 6.56. The molecule has 0 aliphatic heterocycles. The molecule has 3 rings (SSSR count). The summed E-state index contributed by atoms with van der Waals surface area (Å²) in [5, 5.41) is 8.42. The molecule has 0 heterocycles. The number of nitrogens with one attached hydrogen (secondary N) is 3. The number of amides is 3. The third kappa shape index (κ3) is 5.67. The van der Waals surface area contributed by atoms with Crippen LogP contribution in [0.1, 0.15) is 21.5 Å². The molecule has 3 aromatic carbocycles. The van der Waals surface area contributed by atoms with Gasteiger partial charge in [-0.1, -0.05) is 36.4 Å². The summed E-state index contributed by atoms with van der Waals surface area (Å²) in [7, 11) is 1.64. The third-order valence-corrected chi connectivity index (χ3v) is 4.30. The van der Waals surface area contributed by atoms with Crippen molar-refractivity contribution in [1.29, 1.82) is 0 Å². The molecule has 29 heavy (non-hydrogen) atoms. The highest BCUT2D eigenvalue weighted by atomic mass is 16.5. The van der Waals surface area contributed by atoms with Crippen molar-refractivity contribution in [2.45, 2.75) is 13.5 Å². The van der Waals surface area contributed by atoms with Gasteiger partial charge in [-0.2, -0.15) is 0 Å². The van der Waals surface area contributed by atoms with Crippen molar-refractivity contribution in [1.82, 2.24) is 0 Å². The lowest BCUT2D eigenvalue weighted by atomic mass is 10.1. The van der Waals surface area contributed by atoms with Gasteiger partial charge in [0.05, 0.1) is 6.61 Å². The first kappa shape index (κ1) is 20.1. The average molecular weight is 389 g/mol. The largest absolute Gasteiger partial charge is 0.380 e. The van der Waals surface area contributed by atoms with Gasteiger partial charge in [0, 0.05) is 29.7 Å². The molecule has 3 N–H and O–H groups in total. The second-order valence-corrected chi connectivity index (χ2v) is 6.56. The first-order valence-electron chi connectivity index (χ1n) is 9.18. The third-order valence-electron chi connectivity index (χ3n) is 4.30. The summed E-state index contributed by atoms with van der Waals surface area (Å²) in [6.07, 6.45) is 0. The molecule has 0 aliphatic carbocycles. The van der Waals surface area contributed by atoms with Crippen LogP contribution in [0.4, 0.5) is 21.9 Å². The minimum atomic E-state index is -0.381. The highest BCUT2D eigenvalue weighted by Gasteiger charge is 2.11. The van der Waals surface area contributed by atoms with Crippen molar-refractivity contribution in [3.05, 3.63) is 89.5 Å². The lowest BCUT2D eigenvalue weighted by Gasteiger charge is -2.12. The van der Waals surface area contributed by atoms with Crippen LogP contribution in [0.5, 0.6) is 0 Å². The monoisotopic (exact) mass is 389 g/mol. The van der Waals surface area contributed by atoms with Gasteiger partial charge in [-0.15, -0.1) is 0 Å². The van der Waals surface area contributed by atoms with Crippen LogP contribution in [0.3, 0.4) is 0 Å². The molecule has 0 unspecified atom stereocenters. The fraction of sp³-hybridized carbons (Fsp3) is 0.130. The molecule has 0 radical (unpaired) electrons. The number of aryl methyl sites for hydroxylation is 1. The number of carbonyl (C=O) groups is 2. The van der Waals surface area contributed by atoms with E-state index in [-0.39, 0.29) is 11.9 Å². The van der Waals surface area contributed by atoms with Crippen LogP contribution in [0.2, 0.25) is 0 Å². The SMILES string of the molecule is COCc1ccc(NC(=O)Nc2cc(C(=O)Nc3ccccc3)ccc2C)cc1. The Morgan fingerprint density at radius 3 is 2.21 bits per heavy atom. The van der Waals surface area contributed by atoms with Crippen molar-refractivity contribution < 1.29 is 14.3 Å². The van der Waals surface area contributed by atoms with Gasteiger partial charge in [0.2, 0.25) is 0 Å². The van der Waals surface area contributed by atoms with E-state index < -0.39 is 0 Å². The first-order valence-corrected chi connectivity index (χ1v) is 9.18. The van der Waals surface area contributed by atoms with Gasteiger partial charge in [0.1, 0.15) is 0 Å². The zero-order chi connectivity index (χ0) is 20.6. The summed E-state index contributed by atoms with van der Waals surface area (Å²) < 4.78 is 5.08. The quantitative estimate of drug-likeness (QED) is 0.553. The Balaban J connectivity index is 1.66. The van der Waals surface area contributed by atoms with Crippen LogP contribution in [0.15, 0.2) is 72.8 Å². The number of benzene rings is 3. The summed E-state index contributed by atoms with van der Waals surface area (Å²) in [5.74, 6) is -0.242. The number of para-hydroxylation sites is 1. The van der Waals surface area contributed by atoms with Crippen LogP contribution in [0.25, 0.3) is 0 Å². The second kappa shape index (κ2) is 9.52. The topological polar surface area (TPSA) is 79.5 Å². The van der Waals surface area contributed by atoms with Crippen LogP contribution in [-0.2, 0) is 11.3 Å². The summed E-state index contributed by atoms with van der Waals surface area (Å²) in [5.41, 5.74) is 4.27. The lowest BCUT2D eigenvalue weighted by Crippen LogP contribution is -2.20. The molecule has 0 saturated heterocycles. The van der Waals surface area contributed by atoms with Gasteiger partial charge in [-0.3, -0.25) is 4.79 Å². The number of hydrogen-bond acceptors (Lipinski definition) is 3. The van der Waals surface area contributed by atoms with Gasteiger partial charge in [-0.05, 0) is 54.4 Å². The molecule has 0 fully saturated rings. The predicted molar refractivity (Wildman–Crippen MR) is 115 cm³/mol. The standard InChI is InChI=1S/C23H23N3O3/c1-16-8-11-18(22(27)24-19-6-4-3-5-7-19)14-21(16)26-23(28)25-20-12-9-17(10-13-20)15-29-2/h3-14H,15H2,1-2H3,(H,24,27)(H2,25,26,28). The number of rotatable bonds is 6. The van der Waals surface area contributed by atoms with Crippen LogP contribution in [-0.4, -0.2) is 19.0 Å². The Bertz CT molecular complexity index is 986. The van der Waals surface area contributed by atoms with E-state index in [9.17, 15) is 9.59 Å². The summed E-state index contributed by atoms with van der Waals surface area (Å²) >= 11 is 0. The van der Waals surface area contributed by atoms with Crippen molar-refractivity contribution >= 4 is 29.0 Å². The molecule has 3 aromatic rings. The maximum absolute atomic E-state index is 12.5. The molecule has 0 aliphatic rings. The number of methoxy groups -OCH3 is 1. The maximum Gasteiger partial charge on any atom is 0.323 e. The van der Waals surface area contributed by atoms with Crippen molar-refractivity contribution in [2.75, 3.05) is 23.1 Å².